The molecule has 1 aliphatic rings. The van der Waals surface area contributed by atoms with Crippen molar-refractivity contribution in [1.82, 2.24) is 4.90 Å². The highest BCUT2D eigenvalue weighted by atomic mass is 16.3. The van der Waals surface area contributed by atoms with Crippen LogP contribution in [0.1, 0.15) is 33.1 Å². The first kappa shape index (κ1) is 12.9. The highest BCUT2D eigenvalue weighted by Gasteiger charge is 2.30. The average molecular weight is 214 g/mol. The second kappa shape index (κ2) is 6.46. The van der Waals surface area contributed by atoms with Gasteiger partial charge in [-0.2, -0.15) is 0 Å². The van der Waals surface area contributed by atoms with E-state index in [1.54, 1.807) is 0 Å². The van der Waals surface area contributed by atoms with Crippen LogP contribution in [0.15, 0.2) is 0 Å². The largest absolute Gasteiger partial charge is 0.396 e. The van der Waals surface area contributed by atoms with Crippen LogP contribution < -0.4 is 5.73 Å². The van der Waals surface area contributed by atoms with E-state index in [0.717, 1.165) is 19.6 Å². The van der Waals surface area contributed by atoms with E-state index in [9.17, 15) is 0 Å². The Balaban J connectivity index is 2.49. The highest BCUT2D eigenvalue weighted by molar-refractivity contribution is 4.86. The van der Waals surface area contributed by atoms with Crippen LogP contribution in [0, 0.1) is 11.8 Å². The molecule has 3 N–H and O–H groups in total. The summed E-state index contributed by atoms with van der Waals surface area (Å²) in [5.74, 6) is 1.06. The molecule has 0 aliphatic heterocycles. The van der Waals surface area contributed by atoms with Gasteiger partial charge in [0.1, 0.15) is 0 Å². The Labute approximate surface area is 93.6 Å². The molecule has 3 unspecified atom stereocenters. The lowest BCUT2D eigenvalue weighted by Gasteiger charge is -2.33. The van der Waals surface area contributed by atoms with Gasteiger partial charge in [0.15, 0.2) is 0 Å². The molecule has 0 bridgehead atoms. The van der Waals surface area contributed by atoms with Crippen molar-refractivity contribution >= 4 is 0 Å². The molecule has 1 fully saturated rings. The number of nitrogens with two attached hydrogens (primary N) is 1. The lowest BCUT2D eigenvalue weighted by Crippen LogP contribution is -2.42. The fourth-order valence-electron chi connectivity index (χ4n) is 2.73. The number of aliphatic hydroxyl groups is 1. The predicted octanol–water partition coefficient (Wildman–Crippen LogP) is 1.06. The Morgan fingerprint density at radius 2 is 2.20 bits per heavy atom. The molecule has 1 saturated carbocycles. The number of aliphatic hydroxyl groups excluding tert-OH is 1. The summed E-state index contributed by atoms with van der Waals surface area (Å²) in [5.41, 5.74) is 5.80. The van der Waals surface area contributed by atoms with Crippen LogP contribution in [0.4, 0.5) is 0 Å². The minimum atomic E-state index is 0.288. The summed E-state index contributed by atoms with van der Waals surface area (Å²) in [6.07, 6.45) is 3.88. The lowest BCUT2D eigenvalue weighted by atomic mass is 10.0. The molecule has 3 atom stereocenters. The molecular formula is C12H26N2O. The van der Waals surface area contributed by atoms with Gasteiger partial charge in [0, 0.05) is 19.2 Å². The first-order valence-electron chi connectivity index (χ1n) is 6.27. The molecule has 0 radical (unpaired) electrons. The molecule has 0 spiro atoms. The standard InChI is InChI=1S/C12H26N2O/c1-3-14(8-10(2)9-15)12-6-4-5-11(12)7-13/h10-12,15H,3-9,13H2,1-2H3. The summed E-state index contributed by atoms with van der Waals surface area (Å²) in [4.78, 5) is 2.51. The van der Waals surface area contributed by atoms with Gasteiger partial charge < -0.3 is 10.8 Å². The molecular weight excluding hydrogens is 188 g/mol. The third kappa shape index (κ3) is 3.44. The van der Waals surface area contributed by atoms with Crippen LogP contribution in [0.25, 0.3) is 0 Å². The third-order valence-corrected chi connectivity index (χ3v) is 3.65. The van der Waals surface area contributed by atoms with Crippen molar-refractivity contribution in [2.45, 2.75) is 39.2 Å². The van der Waals surface area contributed by atoms with Gasteiger partial charge in [-0.15, -0.1) is 0 Å². The molecule has 0 amide bonds. The smallest absolute Gasteiger partial charge is 0.0468 e. The van der Waals surface area contributed by atoms with Gasteiger partial charge in [0.05, 0.1) is 0 Å². The zero-order valence-corrected chi connectivity index (χ0v) is 10.2. The molecule has 3 heteroatoms. The van der Waals surface area contributed by atoms with Gasteiger partial charge in [-0.25, -0.2) is 0 Å². The number of hydrogen-bond donors (Lipinski definition) is 2. The van der Waals surface area contributed by atoms with E-state index in [2.05, 4.69) is 18.7 Å². The van der Waals surface area contributed by atoms with Crippen LogP contribution in [0.5, 0.6) is 0 Å². The maximum atomic E-state index is 9.09. The molecule has 0 aromatic carbocycles. The molecule has 0 saturated heterocycles. The third-order valence-electron chi connectivity index (χ3n) is 3.65. The van der Waals surface area contributed by atoms with E-state index in [1.165, 1.54) is 19.3 Å². The van der Waals surface area contributed by atoms with E-state index in [0.29, 0.717) is 17.9 Å². The molecule has 1 rings (SSSR count). The fourth-order valence-corrected chi connectivity index (χ4v) is 2.73. The average Bonchev–Trinajstić information content (AvgIpc) is 2.73. The second-order valence-corrected chi connectivity index (χ2v) is 4.87. The zero-order chi connectivity index (χ0) is 11.3. The van der Waals surface area contributed by atoms with Crippen molar-refractivity contribution in [3.63, 3.8) is 0 Å². The van der Waals surface area contributed by atoms with Crippen molar-refractivity contribution in [3.8, 4) is 0 Å². The highest BCUT2D eigenvalue weighted by Crippen LogP contribution is 2.29. The summed E-state index contributed by atoms with van der Waals surface area (Å²) < 4.78 is 0. The van der Waals surface area contributed by atoms with Crippen molar-refractivity contribution in [1.29, 1.82) is 0 Å². The molecule has 90 valence electrons. The number of rotatable bonds is 6. The van der Waals surface area contributed by atoms with Gasteiger partial charge in [-0.1, -0.05) is 20.3 Å². The summed E-state index contributed by atoms with van der Waals surface area (Å²) in [5, 5.41) is 9.09. The van der Waals surface area contributed by atoms with E-state index in [4.69, 9.17) is 10.8 Å². The molecule has 1 aliphatic carbocycles. The minimum Gasteiger partial charge on any atom is -0.396 e. The van der Waals surface area contributed by atoms with Gasteiger partial charge in [-0.05, 0) is 37.8 Å². The summed E-state index contributed by atoms with van der Waals surface area (Å²) in [6.45, 7) is 7.50. The van der Waals surface area contributed by atoms with Crippen molar-refractivity contribution in [3.05, 3.63) is 0 Å². The van der Waals surface area contributed by atoms with Gasteiger partial charge in [0.25, 0.3) is 0 Å². The maximum Gasteiger partial charge on any atom is 0.0468 e. The fraction of sp³-hybridized carbons (Fsp3) is 1.00. The lowest BCUT2D eigenvalue weighted by molar-refractivity contribution is 0.122. The molecule has 0 heterocycles. The Morgan fingerprint density at radius 1 is 1.47 bits per heavy atom. The first-order valence-corrected chi connectivity index (χ1v) is 6.27. The van der Waals surface area contributed by atoms with Crippen LogP contribution in [0.2, 0.25) is 0 Å². The zero-order valence-electron chi connectivity index (χ0n) is 10.2. The Kier molecular flexibility index (Phi) is 5.58. The SMILES string of the molecule is CCN(CC(C)CO)C1CCCC1CN. The van der Waals surface area contributed by atoms with E-state index >= 15 is 0 Å². The summed E-state index contributed by atoms with van der Waals surface area (Å²) in [6, 6.07) is 0.661. The van der Waals surface area contributed by atoms with Crippen LogP contribution in [-0.2, 0) is 0 Å². The summed E-state index contributed by atoms with van der Waals surface area (Å²) in [7, 11) is 0. The molecule has 3 nitrogen and oxygen atoms in total. The maximum absolute atomic E-state index is 9.09. The monoisotopic (exact) mass is 214 g/mol. The molecule has 0 aromatic heterocycles. The van der Waals surface area contributed by atoms with E-state index < -0.39 is 0 Å². The number of nitrogens with zero attached hydrogens (tertiary/aromatic N) is 1. The van der Waals surface area contributed by atoms with Crippen LogP contribution in [-0.4, -0.2) is 42.3 Å². The molecule has 0 aromatic rings. The number of hydrogen-bond acceptors (Lipinski definition) is 3. The Hall–Kier alpha value is -0.120. The van der Waals surface area contributed by atoms with Crippen LogP contribution in [0.3, 0.4) is 0 Å². The first-order chi connectivity index (χ1) is 7.22. The molecule has 15 heavy (non-hydrogen) atoms. The summed E-state index contributed by atoms with van der Waals surface area (Å²) >= 11 is 0. The normalized spacial score (nSPS) is 28.6. The van der Waals surface area contributed by atoms with Crippen molar-refractivity contribution in [2.24, 2.45) is 17.6 Å². The second-order valence-electron chi connectivity index (χ2n) is 4.87. The van der Waals surface area contributed by atoms with Gasteiger partial charge in [0.2, 0.25) is 0 Å². The predicted molar refractivity (Wildman–Crippen MR) is 63.7 cm³/mol. The quantitative estimate of drug-likeness (QED) is 0.695. The van der Waals surface area contributed by atoms with E-state index in [1.807, 2.05) is 0 Å². The minimum absolute atomic E-state index is 0.288. The van der Waals surface area contributed by atoms with Gasteiger partial charge >= 0.3 is 0 Å². The van der Waals surface area contributed by atoms with Crippen molar-refractivity contribution < 1.29 is 5.11 Å². The Morgan fingerprint density at radius 3 is 2.73 bits per heavy atom. The van der Waals surface area contributed by atoms with E-state index in [-0.39, 0.29) is 6.61 Å². The Bertz CT molecular complexity index is 175. The van der Waals surface area contributed by atoms with Crippen molar-refractivity contribution in [2.75, 3.05) is 26.2 Å². The van der Waals surface area contributed by atoms with Gasteiger partial charge in [-0.3, -0.25) is 4.90 Å². The topological polar surface area (TPSA) is 49.5 Å². The van der Waals surface area contributed by atoms with Crippen LogP contribution >= 0.6 is 0 Å².